The molecule has 1 aliphatic carbocycles. The van der Waals surface area contributed by atoms with Crippen LogP contribution in [-0.4, -0.2) is 9.78 Å². The number of hydrogen-bond donors (Lipinski definition) is 0. The molecule has 23 heavy (non-hydrogen) atoms. The van der Waals surface area contributed by atoms with E-state index >= 15 is 0 Å². The summed E-state index contributed by atoms with van der Waals surface area (Å²) in [6.45, 7) is 6.37. The summed E-state index contributed by atoms with van der Waals surface area (Å²) in [5.74, 6) is -2.12. The minimum absolute atomic E-state index is 0.0788. The van der Waals surface area contributed by atoms with E-state index in [1.807, 2.05) is 6.92 Å². The van der Waals surface area contributed by atoms with E-state index in [4.69, 9.17) is 5.26 Å². The van der Waals surface area contributed by atoms with E-state index in [0.717, 1.165) is 42.6 Å². The Bertz CT molecular complexity index is 813. The Balaban J connectivity index is 2.21. The maximum atomic E-state index is 14.4. The molecule has 1 aromatic carbocycles. The average Bonchev–Trinajstić information content (AvgIpc) is 2.86. The zero-order valence-electron chi connectivity index (χ0n) is 13.6. The monoisotopic (exact) mass is 315 g/mol. The highest BCUT2D eigenvalue weighted by Gasteiger charge is 2.31. The summed E-state index contributed by atoms with van der Waals surface area (Å²) in [5.41, 5.74) is 2.97. The smallest absolute Gasteiger partial charge is 0.185 e. The van der Waals surface area contributed by atoms with Crippen LogP contribution in [0.5, 0.6) is 0 Å². The molecule has 0 bridgehead atoms. The second kappa shape index (κ2) is 5.45. The van der Waals surface area contributed by atoms with Gasteiger partial charge in [-0.1, -0.05) is 20.8 Å². The number of aromatic nitrogens is 2. The fraction of sp³-hybridized carbons (Fsp3) is 0.444. The summed E-state index contributed by atoms with van der Waals surface area (Å²) in [6, 6.07) is 4.40. The summed E-state index contributed by atoms with van der Waals surface area (Å²) < 4.78 is 29.9. The standard InChI is InChI=1S/C18H19F2N3/c1-4-13-12-7-8-18(2,3)9-15(12)23(22-13)14-6-5-11(10-21)16(19)17(14)20/h5-6H,4,7-9H2,1-3H3. The van der Waals surface area contributed by atoms with Gasteiger partial charge in [0.1, 0.15) is 11.8 Å². The number of nitriles is 1. The molecule has 5 heteroatoms. The number of rotatable bonds is 2. The Kier molecular flexibility index (Phi) is 3.71. The Labute approximate surface area is 134 Å². The predicted octanol–water partition coefficient (Wildman–Crippen LogP) is 4.10. The summed E-state index contributed by atoms with van der Waals surface area (Å²) in [6.07, 6.45) is 3.50. The van der Waals surface area contributed by atoms with Crippen LogP contribution in [0.2, 0.25) is 0 Å². The van der Waals surface area contributed by atoms with Crippen LogP contribution in [-0.2, 0) is 19.3 Å². The van der Waals surface area contributed by atoms with Crippen LogP contribution in [0, 0.1) is 28.4 Å². The maximum Gasteiger partial charge on any atom is 0.185 e. The van der Waals surface area contributed by atoms with E-state index < -0.39 is 11.6 Å². The van der Waals surface area contributed by atoms with E-state index in [1.54, 1.807) is 6.07 Å². The van der Waals surface area contributed by atoms with Gasteiger partial charge in [0.25, 0.3) is 0 Å². The van der Waals surface area contributed by atoms with E-state index in [1.165, 1.54) is 16.8 Å². The summed E-state index contributed by atoms with van der Waals surface area (Å²) in [4.78, 5) is 0. The van der Waals surface area contributed by atoms with Crippen LogP contribution in [0.15, 0.2) is 12.1 Å². The maximum absolute atomic E-state index is 14.4. The third-order valence-electron chi connectivity index (χ3n) is 4.62. The van der Waals surface area contributed by atoms with Crippen LogP contribution in [0.3, 0.4) is 0 Å². The molecule has 0 saturated heterocycles. The molecule has 0 spiro atoms. The summed E-state index contributed by atoms with van der Waals surface area (Å²) in [7, 11) is 0. The second-order valence-electron chi connectivity index (χ2n) is 6.85. The van der Waals surface area contributed by atoms with E-state index in [-0.39, 0.29) is 16.7 Å². The molecule has 120 valence electrons. The molecular weight excluding hydrogens is 296 g/mol. The first-order valence-electron chi connectivity index (χ1n) is 7.86. The largest absolute Gasteiger partial charge is 0.234 e. The van der Waals surface area contributed by atoms with Crippen molar-refractivity contribution in [3.8, 4) is 11.8 Å². The van der Waals surface area contributed by atoms with Gasteiger partial charge in [0, 0.05) is 5.69 Å². The topological polar surface area (TPSA) is 41.6 Å². The van der Waals surface area contributed by atoms with Crippen molar-refractivity contribution < 1.29 is 8.78 Å². The SMILES string of the molecule is CCc1nn(-c2ccc(C#N)c(F)c2F)c2c1CCC(C)(C)C2. The molecule has 0 atom stereocenters. The molecule has 1 heterocycles. The Morgan fingerprint density at radius 3 is 2.70 bits per heavy atom. The van der Waals surface area contributed by atoms with Gasteiger partial charge < -0.3 is 0 Å². The van der Waals surface area contributed by atoms with E-state index in [9.17, 15) is 8.78 Å². The van der Waals surface area contributed by atoms with Gasteiger partial charge in [0.05, 0.1) is 11.3 Å². The third-order valence-corrected chi connectivity index (χ3v) is 4.62. The van der Waals surface area contributed by atoms with Gasteiger partial charge in [-0.05, 0) is 48.8 Å². The Morgan fingerprint density at radius 2 is 2.04 bits per heavy atom. The number of aryl methyl sites for hydroxylation is 1. The van der Waals surface area contributed by atoms with Gasteiger partial charge in [-0.25, -0.2) is 13.5 Å². The van der Waals surface area contributed by atoms with Gasteiger partial charge in [-0.3, -0.25) is 0 Å². The van der Waals surface area contributed by atoms with Gasteiger partial charge in [0.15, 0.2) is 11.6 Å². The zero-order valence-corrected chi connectivity index (χ0v) is 13.6. The Morgan fingerprint density at radius 1 is 1.30 bits per heavy atom. The quantitative estimate of drug-likeness (QED) is 0.837. The number of hydrogen-bond acceptors (Lipinski definition) is 2. The molecule has 3 rings (SSSR count). The lowest BCUT2D eigenvalue weighted by Gasteiger charge is -2.30. The lowest BCUT2D eigenvalue weighted by atomic mass is 9.76. The minimum Gasteiger partial charge on any atom is -0.234 e. The van der Waals surface area contributed by atoms with Crippen molar-refractivity contribution in [2.24, 2.45) is 5.41 Å². The fourth-order valence-corrected chi connectivity index (χ4v) is 3.28. The number of halogens is 2. The fourth-order valence-electron chi connectivity index (χ4n) is 3.28. The molecule has 2 aromatic rings. The highest BCUT2D eigenvalue weighted by atomic mass is 19.2. The molecule has 0 N–H and O–H groups in total. The summed E-state index contributed by atoms with van der Waals surface area (Å²) in [5, 5.41) is 13.4. The minimum atomic E-state index is -1.11. The van der Waals surface area contributed by atoms with Crippen molar-refractivity contribution in [1.29, 1.82) is 5.26 Å². The molecule has 0 fully saturated rings. The number of fused-ring (bicyclic) bond motifs is 1. The van der Waals surface area contributed by atoms with Gasteiger partial charge >= 0.3 is 0 Å². The van der Waals surface area contributed by atoms with Crippen molar-refractivity contribution >= 4 is 0 Å². The molecule has 0 amide bonds. The molecule has 0 saturated carbocycles. The molecular formula is C18H19F2N3. The van der Waals surface area contributed by atoms with Gasteiger partial charge in [0.2, 0.25) is 0 Å². The molecule has 0 radical (unpaired) electrons. The van der Waals surface area contributed by atoms with Crippen molar-refractivity contribution in [3.05, 3.63) is 46.3 Å². The van der Waals surface area contributed by atoms with Crippen LogP contribution >= 0.6 is 0 Å². The molecule has 0 aliphatic heterocycles. The summed E-state index contributed by atoms with van der Waals surface area (Å²) >= 11 is 0. The number of benzene rings is 1. The van der Waals surface area contributed by atoms with Gasteiger partial charge in [-0.2, -0.15) is 10.4 Å². The lowest BCUT2D eigenvalue weighted by molar-refractivity contribution is 0.308. The third kappa shape index (κ3) is 2.52. The van der Waals surface area contributed by atoms with Crippen LogP contribution in [0.1, 0.15) is 49.7 Å². The van der Waals surface area contributed by atoms with Gasteiger partial charge in [-0.15, -0.1) is 0 Å². The van der Waals surface area contributed by atoms with Crippen molar-refractivity contribution in [2.75, 3.05) is 0 Å². The van der Waals surface area contributed by atoms with Crippen LogP contribution in [0.4, 0.5) is 8.78 Å². The Hall–Kier alpha value is -2.22. The number of nitrogens with zero attached hydrogens (tertiary/aromatic N) is 3. The lowest BCUT2D eigenvalue weighted by Crippen LogP contribution is -2.24. The first-order valence-corrected chi connectivity index (χ1v) is 7.86. The molecule has 3 nitrogen and oxygen atoms in total. The van der Waals surface area contributed by atoms with Crippen LogP contribution in [0.25, 0.3) is 5.69 Å². The molecule has 0 unspecified atom stereocenters. The second-order valence-corrected chi connectivity index (χ2v) is 6.85. The predicted molar refractivity (Wildman–Crippen MR) is 83.4 cm³/mol. The first kappa shape index (κ1) is 15.7. The van der Waals surface area contributed by atoms with E-state index in [2.05, 4.69) is 18.9 Å². The molecule has 1 aliphatic rings. The molecule has 1 aromatic heterocycles. The first-order chi connectivity index (χ1) is 10.9. The highest BCUT2D eigenvalue weighted by molar-refractivity contribution is 5.45. The van der Waals surface area contributed by atoms with E-state index in [0.29, 0.717) is 0 Å². The average molecular weight is 315 g/mol. The van der Waals surface area contributed by atoms with Crippen molar-refractivity contribution in [2.45, 2.75) is 46.5 Å². The normalized spacial score (nSPS) is 16.0. The van der Waals surface area contributed by atoms with Crippen molar-refractivity contribution in [1.82, 2.24) is 9.78 Å². The highest BCUT2D eigenvalue weighted by Crippen LogP contribution is 2.37. The van der Waals surface area contributed by atoms with Crippen LogP contribution < -0.4 is 0 Å². The zero-order chi connectivity index (χ0) is 16.8. The van der Waals surface area contributed by atoms with Crippen molar-refractivity contribution in [3.63, 3.8) is 0 Å².